The number of hydrogen-bond acceptors (Lipinski definition) is 4. The first-order valence-corrected chi connectivity index (χ1v) is 7.37. The summed E-state index contributed by atoms with van der Waals surface area (Å²) in [7, 11) is 0. The van der Waals surface area contributed by atoms with E-state index in [0.29, 0.717) is 6.42 Å². The number of aryl methyl sites for hydroxylation is 1. The molecule has 2 rings (SSSR count). The second-order valence-electron chi connectivity index (χ2n) is 4.82. The maximum Gasteiger partial charge on any atom is 0.325 e. The number of hydrogen-bond donors (Lipinski definition) is 2. The Labute approximate surface area is 126 Å². The summed E-state index contributed by atoms with van der Waals surface area (Å²) in [4.78, 5) is 26.8. The van der Waals surface area contributed by atoms with Crippen molar-refractivity contribution in [2.75, 3.05) is 0 Å². The van der Waals surface area contributed by atoms with Crippen LogP contribution in [0, 0.1) is 6.92 Å². The van der Waals surface area contributed by atoms with Crippen molar-refractivity contribution in [2.24, 2.45) is 0 Å². The number of carbonyl (C=O) groups is 2. The maximum atomic E-state index is 11.8. The number of benzene rings is 1. The van der Waals surface area contributed by atoms with Crippen LogP contribution in [0.25, 0.3) is 0 Å². The molecule has 5 nitrogen and oxygen atoms in total. The van der Waals surface area contributed by atoms with Gasteiger partial charge in [0.25, 0.3) is 5.91 Å². The Morgan fingerprint density at radius 1 is 1.33 bits per heavy atom. The number of amides is 1. The van der Waals surface area contributed by atoms with Crippen LogP contribution in [0.15, 0.2) is 29.6 Å². The molecule has 0 radical (unpaired) electrons. The number of thiazole rings is 1. The summed E-state index contributed by atoms with van der Waals surface area (Å²) >= 11 is 1.39. The van der Waals surface area contributed by atoms with Crippen molar-refractivity contribution in [1.29, 1.82) is 0 Å². The molecule has 1 aromatic carbocycles. The molecule has 0 spiro atoms. The second kappa shape index (κ2) is 6.49. The lowest BCUT2D eigenvalue weighted by atomic mass is 10.1. The number of aromatic nitrogens is 1. The number of carboxylic acid groups (broad SMARTS) is 1. The summed E-state index contributed by atoms with van der Waals surface area (Å²) in [6.07, 6.45) is 0.659. The Hall–Kier alpha value is -2.21. The molecule has 0 bridgehead atoms. The lowest BCUT2D eigenvalue weighted by Gasteiger charge is -2.06. The first-order valence-electron chi connectivity index (χ1n) is 6.49. The van der Waals surface area contributed by atoms with E-state index < -0.39 is 17.9 Å². The minimum Gasteiger partial charge on any atom is -0.480 e. The topological polar surface area (TPSA) is 79.3 Å². The summed E-state index contributed by atoms with van der Waals surface area (Å²) in [5.74, 6) is -1.53. The quantitative estimate of drug-likeness (QED) is 0.888. The lowest BCUT2D eigenvalue weighted by molar-refractivity contribution is -0.138. The number of nitrogens with one attached hydrogen (secondary N) is 1. The SMILES string of the molecule is Cc1ccc(Cc2nc(C(=O)N[C@@H](C)C(=O)O)cs2)cc1. The number of aliphatic carboxylic acids is 1. The van der Waals surface area contributed by atoms with Crippen LogP contribution < -0.4 is 5.32 Å². The summed E-state index contributed by atoms with van der Waals surface area (Å²) in [5.41, 5.74) is 2.58. The molecule has 2 N–H and O–H groups in total. The molecule has 0 aliphatic carbocycles. The van der Waals surface area contributed by atoms with Gasteiger partial charge in [0.2, 0.25) is 0 Å². The Morgan fingerprint density at radius 3 is 2.62 bits per heavy atom. The smallest absolute Gasteiger partial charge is 0.325 e. The van der Waals surface area contributed by atoms with Crippen LogP contribution in [0.1, 0.15) is 33.5 Å². The molecule has 1 atom stereocenters. The van der Waals surface area contributed by atoms with Gasteiger partial charge in [-0.3, -0.25) is 9.59 Å². The van der Waals surface area contributed by atoms with E-state index in [4.69, 9.17) is 5.11 Å². The van der Waals surface area contributed by atoms with Gasteiger partial charge in [-0.2, -0.15) is 0 Å². The van der Waals surface area contributed by atoms with Crippen molar-refractivity contribution in [3.63, 3.8) is 0 Å². The molecule has 0 saturated heterocycles. The van der Waals surface area contributed by atoms with Crippen LogP contribution in [0.5, 0.6) is 0 Å². The number of carbonyl (C=O) groups excluding carboxylic acids is 1. The minimum atomic E-state index is -1.07. The fraction of sp³-hybridized carbons (Fsp3) is 0.267. The van der Waals surface area contributed by atoms with Crippen molar-refractivity contribution >= 4 is 23.2 Å². The van der Waals surface area contributed by atoms with Gasteiger partial charge in [-0.15, -0.1) is 11.3 Å². The van der Waals surface area contributed by atoms with Crippen LogP contribution in [0.3, 0.4) is 0 Å². The fourth-order valence-electron chi connectivity index (χ4n) is 1.71. The van der Waals surface area contributed by atoms with Gasteiger partial charge in [0, 0.05) is 11.8 Å². The molecule has 1 heterocycles. The van der Waals surface area contributed by atoms with Crippen molar-refractivity contribution < 1.29 is 14.7 Å². The lowest BCUT2D eigenvalue weighted by Crippen LogP contribution is -2.38. The summed E-state index contributed by atoms with van der Waals surface area (Å²) in [5, 5.41) is 13.6. The molecule has 1 amide bonds. The highest BCUT2D eigenvalue weighted by atomic mass is 32.1. The molecule has 2 aromatic rings. The average Bonchev–Trinajstić information content (AvgIpc) is 2.90. The van der Waals surface area contributed by atoms with E-state index in [1.54, 1.807) is 5.38 Å². The highest BCUT2D eigenvalue weighted by molar-refractivity contribution is 7.09. The van der Waals surface area contributed by atoms with Gasteiger partial charge in [0.15, 0.2) is 0 Å². The highest BCUT2D eigenvalue weighted by Gasteiger charge is 2.17. The zero-order chi connectivity index (χ0) is 15.4. The van der Waals surface area contributed by atoms with Crippen LogP contribution in [-0.2, 0) is 11.2 Å². The van der Waals surface area contributed by atoms with Gasteiger partial charge in [-0.05, 0) is 19.4 Å². The van der Waals surface area contributed by atoms with Crippen molar-refractivity contribution in [3.05, 3.63) is 51.5 Å². The third-order valence-electron chi connectivity index (χ3n) is 2.98. The van der Waals surface area contributed by atoms with Gasteiger partial charge in [0.05, 0.1) is 5.01 Å². The predicted molar refractivity (Wildman–Crippen MR) is 80.7 cm³/mol. The molecule has 6 heteroatoms. The first-order chi connectivity index (χ1) is 9.95. The summed E-state index contributed by atoms with van der Waals surface area (Å²) in [6, 6.07) is 7.20. The standard InChI is InChI=1S/C15H16N2O3S/c1-9-3-5-11(6-4-9)7-13-17-12(8-21-13)14(18)16-10(2)15(19)20/h3-6,8,10H,7H2,1-2H3,(H,16,18)(H,19,20)/t10-/m0/s1. The molecule has 0 saturated carbocycles. The van der Waals surface area contributed by atoms with Crippen molar-refractivity contribution in [3.8, 4) is 0 Å². The molecule has 0 aliphatic heterocycles. The molecule has 21 heavy (non-hydrogen) atoms. The Kier molecular flexibility index (Phi) is 4.70. The molecule has 110 valence electrons. The fourth-order valence-corrected chi connectivity index (χ4v) is 2.52. The van der Waals surface area contributed by atoms with E-state index in [1.807, 2.05) is 31.2 Å². The second-order valence-corrected chi connectivity index (χ2v) is 5.76. The van der Waals surface area contributed by atoms with E-state index in [9.17, 15) is 9.59 Å². The number of carboxylic acids is 1. The molecule has 0 aliphatic rings. The van der Waals surface area contributed by atoms with E-state index in [0.717, 1.165) is 10.6 Å². The molecule has 0 unspecified atom stereocenters. The Morgan fingerprint density at radius 2 is 2.00 bits per heavy atom. The number of nitrogens with zero attached hydrogens (tertiary/aromatic N) is 1. The average molecular weight is 304 g/mol. The zero-order valence-electron chi connectivity index (χ0n) is 11.8. The van der Waals surface area contributed by atoms with Crippen LogP contribution in [0.4, 0.5) is 0 Å². The molecular weight excluding hydrogens is 288 g/mol. The summed E-state index contributed by atoms with van der Waals surface area (Å²) in [6.45, 7) is 3.44. The third-order valence-corrected chi connectivity index (χ3v) is 3.83. The monoisotopic (exact) mass is 304 g/mol. The molecule has 1 aromatic heterocycles. The predicted octanol–water partition coefficient (Wildman–Crippen LogP) is 2.25. The van der Waals surface area contributed by atoms with Gasteiger partial charge < -0.3 is 10.4 Å². The van der Waals surface area contributed by atoms with E-state index in [-0.39, 0.29) is 5.69 Å². The highest BCUT2D eigenvalue weighted by Crippen LogP contribution is 2.15. The zero-order valence-corrected chi connectivity index (χ0v) is 12.6. The molecular formula is C15H16N2O3S. The van der Waals surface area contributed by atoms with E-state index >= 15 is 0 Å². The minimum absolute atomic E-state index is 0.259. The Bertz CT molecular complexity index is 649. The van der Waals surface area contributed by atoms with Gasteiger partial charge >= 0.3 is 5.97 Å². The summed E-state index contributed by atoms with van der Waals surface area (Å²) < 4.78 is 0. The maximum absolute atomic E-state index is 11.8. The normalized spacial score (nSPS) is 11.9. The number of rotatable bonds is 5. The van der Waals surface area contributed by atoms with E-state index in [2.05, 4.69) is 10.3 Å². The Balaban J connectivity index is 2.02. The van der Waals surface area contributed by atoms with E-state index in [1.165, 1.54) is 23.8 Å². The third kappa shape index (κ3) is 4.13. The largest absolute Gasteiger partial charge is 0.480 e. The molecule has 0 fully saturated rings. The van der Waals surface area contributed by atoms with Crippen LogP contribution in [0.2, 0.25) is 0 Å². The van der Waals surface area contributed by atoms with Crippen LogP contribution >= 0.6 is 11.3 Å². The van der Waals surface area contributed by atoms with Crippen molar-refractivity contribution in [2.45, 2.75) is 26.3 Å². The first kappa shape index (κ1) is 15.2. The van der Waals surface area contributed by atoms with Gasteiger partial charge in [0.1, 0.15) is 11.7 Å². The van der Waals surface area contributed by atoms with Crippen molar-refractivity contribution in [1.82, 2.24) is 10.3 Å². The van der Waals surface area contributed by atoms with Crippen LogP contribution in [-0.4, -0.2) is 28.0 Å². The van der Waals surface area contributed by atoms with Gasteiger partial charge in [-0.25, -0.2) is 4.98 Å². The van der Waals surface area contributed by atoms with Gasteiger partial charge in [-0.1, -0.05) is 29.8 Å².